The van der Waals surface area contributed by atoms with Gasteiger partial charge in [0.05, 0.1) is 12.9 Å². The van der Waals surface area contributed by atoms with Crippen LogP contribution in [0.1, 0.15) is 39.0 Å². The van der Waals surface area contributed by atoms with Crippen molar-refractivity contribution >= 4 is 5.91 Å². The number of nitrogens with zero attached hydrogens (tertiary/aromatic N) is 2. The van der Waals surface area contributed by atoms with Crippen LogP contribution in [-0.2, 0) is 11.3 Å². The lowest BCUT2D eigenvalue weighted by atomic mass is 9.86. The number of aryl methyl sites for hydroxylation is 1. The number of carbonyl (C=O) groups excluding carboxylic acids is 1. The highest BCUT2D eigenvalue weighted by molar-refractivity contribution is 5.76. The molecule has 5 heteroatoms. The number of nitrogens with one attached hydrogen (secondary N) is 1. The summed E-state index contributed by atoms with van der Waals surface area (Å²) in [5.41, 5.74) is -0.139. The van der Waals surface area contributed by atoms with E-state index in [0.717, 1.165) is 32.2 Å². The Bertz CT molecular complexity index is 405. The molecular weight excluding hydrogens is 242 g/mol. The summed E-state index contributed by atoms with van der Waals surface area (Å²) < 4.78 is 1.97. The Balaban J connectivity index is 1.72. The van der Waals surface area contributed by atoms with Crippen molar-refractivity contribution in [3.63, 3.8) is 0 Å². The lowest BCUT2D eigenvalue weighted by Gasteiger charge is -2.30. The molecular formula is C14H23N3O2. The van der Waals surface area contributed by atoms with E-state index in [0.29, 0.717) is 6.42 Å². The molecule has 0 aromatic carbocycles. The smallest absolute Gasteiger partial charge is 0.220 e. The van der Waals surface area contributed by atoms with Gasteiger partial charge in [-0.1, -0.05) is 13.3 Å². The third-order valence-corrected chi connectivity index (χ3v) is 4.16. The summed E-state index contributed by atoms with van der Waals surface area (Å²) in [6.07, 6.45) is 9.78. The summed E-state index contributed by atoms with van der Waals surface area (Å²) in [6.45, 7) is 3.01. The zero-order valence-electron chi connectivity index (χ0n) is 11.5. The fourth-order valence-electron chi connectivity index (χ4n) is 2.78. The Hall–Kier alpha value is -1.36. The molecule has 1 aliphatic carbocycles. The SMILES string of the molecule is CC1(CO)CCCC1NC(=O)CCCn1ccnc1. The maximum atomic E-state index is 11.9. The third-order valence-electron chi connectivity index (χ3n) is 4.16. The summed E-state index contributed by atoms with van der Waals surface area (Å²) in [6, 6.07) is 0.123. The predicted octanol–water partition coefficient (Wildman–Crippen LogP) is 1.33. The van der Waals surface area contributed by atoms with E-state index in [9.17, 15) is 9.90 Å². The van der Waals surface area contributed by atoms with Gasteiger partial charge in [-0.3, -0.25) is 4.79 Å². The average molecular weight is 265 g/mol. The number of imidazole rings is 1. The van der Waals surface area contributed by atoms with Gasteiger partial charge in [-0.05, 0) is 19.3 Å². The van der Waals surface area contributed by atoms with E-state index < -0.39 is 0 Å². The molecule has 19 heavy (non-hydrogen) atoms. The van der Waals surface area contributed by atoms with Gasteiger partial charge in [0.2, 0.25) is 5.91 Å². The summed E-state index contributed by atoms with van der Waals surface area (Å²) in [4.78, 5) is 15.9. The molecule has 1 saturated carbocycles. The van der Waals surface area contributed by atoms with Gasteiger partial charge in [-0.2, -0.15) is 0 Å². The molecule has 0 bridgehead atoms. The van der Waals surface area contributed by atoms with Gasteiger partial charge >= 0.3 is 0 Å². The van der Waals surface area contributed by atoms with Crippen molar-refractivity contribution in [2.24, 2.45) is 5.41 Å². The minimum Gasteiger partial charge on any atom is -0.396 e. The first-order valence-electron chi connectivity index (χ1n) is 7.00. The topological polar surface area (TPSA) is 67.2 Å². The number of hydrogen-bond donors (Lipinski definition) is 2. The van der Waals surface area contributed by atoms with Crippen molar-refractivity contribution in [1.82, 2.24) is 14.9 Å². The molecule has 2 N–H and O–H groups in total. The zero-order valence-corrected chi connectivity index (χ0v) is 11.5. The average Bonchev–Trinajstić information content (AvgIpc) is 3.01. The van der Waals surface area contributed by atoms with Gasteiger partial charge in [0.1, 0.15) is 0 Å². The largest absolute Gasteiger partial charge is 0.396 e. The molecule has 1 aromatic heterocycles. The van der Waals surface area contributed by atoms with E-state index in [1.807, 2.05) is 10.8 Å². The predicted molar refractivity (Wildman–Crippen MR) is 72.4 cm³/mol. The first-order valence-corrected chi connectivity index (χ1v) is 7.00. The van der Waals surface area contributed by atoms with Crippen LogP contribution in [0.5, 0.6) is 0 Å². The second kappa shape index (κ2) is 6.19. The van der Waals surface area contributed by atoms with Gasteiger partial charge in [0, 0.05) is 36.8 Å². The maximum Gasteiger partial charge on any atom is 0.220 e. The minimum atomic E-state index is -0.139. The van der Waals surface area contributed by atoms with Gasteiger partial charge in [0.25, 0.3) is 0 Å². The van der Waals surface area contributed by atoms with Crippen molar-refractivity contribution in [1.29, 1.82) is 0 Å². The van der Waals surface area contributed by atoms with Crippen LogP contribution in [0, 0.1) is 5.41 Å². The monoisotopic (exact) mass is 265 g/mol. The molecule has 0 aliphatic heterocycles. The number of amides is 1. The van der Waals surface area contributed by atoms with E-state index in [-0.39, 0.29) is 24.0 Å². The number of aliphatic hydroxyl groups is 1. The van der Waals surface area contributed by atoms with E-state index in [1.165, 1.54) is 0 Å². The molecule has 0 saturated heterocycles. The van der Waals surface area contributed by atoms with Crippen molar-refractivity contribution in [3.05, 3.63) is 18.7 Å². The van der Waals surface area contributed by atoms with Crippen molar-refractivity contribution in [3.8, 4) is 0 Å². The van der Waals surface area contributed by atoms with Crippen LogP contribution < -0.4 is 5.32 Å². The Morgan fingerprint density at radius 2 is 2.47 bits per heavy atom. The number of aromatic nitrogens is 2. The third kappa shape index (κ3) is 3.56. The van der Waals surface area contributed by atoms with Crippen molar-refractivity contribution < 1.29 is 9.90 Å². The molecule has 1 heterocycles. The highest BCUT2D eigenvalue weighted by atomic mass is 16.3. The summed E-state index contributed by atoms with van der Waals surface area (Å²) in [7, 11) is 0. The molecule has 106 valence electrons. The molecule has 2 unspecified atom stereocenters. The highest BCUT2D eigenvalue weighted by Crippen LogP contribution is 2.37. The van der Waals surface area contributed by atoms with E-state index >= 15 is 0 Å². The fourth-order valence-corrected chi connectivity index (χ4v) is 2.78. The number of aliphatic hydroxyl groups excluding tert-OH is 1. The normalized spacial score (nSPS) is 26.5. The van der Waals surface area contributed by atoms with Crippen LogP contribution in [0.15, 0.2) is 18.7 Å². The molecule has 1 aromatic rings. The standard InChI is InChI=1S/C14H23N3O2/c1-14(10-18)6-2-4-12(14)16-13(19)5-3-8-17-9-7-15-11-17/h7,9,11-12,18H,2-6,8,10H2,1H3,(H,16,19). The molecule has 1 fully saturated rings. The second-order valence-corrected chi connectivity index (χ2v) is 5.73. The van der Waals surface area contributed by atoms with Crippen LogP contribution in [0.4, 0.5) is 0 Å². The number of rotatable bonds is 6. The lowest BCUT2D eigenvalue weighted by Crippen LogP contribution is -2.44. The molecule has 0 spiro atoms. The van der Waals surface area contributed by atoms with E-state index in [1.54, 1.807) is 12.5 Å². The Labute approximate surface area is 114 Å². The van der Waals surface area contributed by atoms with Crippen LogP contribution in [0.25, 0.3) is 0 Å². The Morgan fingerprint density at radius 3 is 3.16 bits per heavy atom. The summed E-state index contributed by atoms with van der Waals surface area (Å²) in [5, 5.41) is 12.5. The van der Waals surface area contributed by atoms with Crippen molar-refractivity contribution in [2.75, 3.05) is 6.61 Å². The lowest BCUT2D eigenvalue weighted by molar-refractivity contribution is -0.122. The fraction of sp³-hybridized carbons (Fsp3) is 0.714. The van der Waals surface area contributed by atoms with E-state index in [4.69, 9.17) is 0 Å². The molecule has 1 amide bonds. The summed E-state index contributed by atoms with van der Waals surface area (Å²) >= 11 is 0. The zero-order chi connectivity index (χ0) is 13.7. The van der Waals surface area contributed by atoms with Crippen LogP contribution in [-0.4, -0.2) is 33.2 Å². The molecule has 2 atom stereocenters. The number of hydrogen-bond acceptors (Lipinski definition) is 3. The Kier molecular flexibility index (Phi) is 4.58. The second-order valence-electron chi connectivity index (χ2n) is 5.73. The van der Waals surface area contributed by atoms with Crippen LogP contribution >= 0.6 is 0 Å². The first kappa shape index (κ1) is 14.1. The molecule has 0 radical (unpaired) electrons. The van der Waals surface area contributed by atoms with Crippen LogP contribution in [0.3, 0.4) is 0 Å². The van der Waals surface area contributed by atoms with Gasteiger partial charge in [-0.25, -0.2) is 4.98 Å². The highest BCUT2D eigenvalue weighted by Gasteiger charge is 2.38. The van der Waals surface area contributed by atoms with E-state index in [2.05, 4.69) is 17.2 Å². The Morgan fingerprint density at radius 1 is 1.63 bits per heavy atom. The maximum absolute atomic E-state index is 11.9. The van der Waals surface area contributed by atoms with Crippen molar-refractivity contribution in [2.45, 2.75) is 51.6 Å². The molecule has 2 rings (SSSR count). The van der Waals surface area contributed by atoms with Crippen LogP contribution in [0.2, 0.25) is 0 Å². The van der Waals surface area contributed by atoms with Gasteiger partial charge in [0.15, 0.2) is 0 Å². The summed E-state index contributed by atoms with van der Waals surface area (Å²) in [5.74, 6) is 0.0895. The molecule has 5 nitrogen and oxygen atoms in total. The molecule has 1 aliphatic rings. The van der Waals surface area contributed by atoms with Gasteiger partial charge in [-0.15, -0.1) is 0 Å². The first-order chi connectivity index (χ1) is 9.14. The number of carbonyl (C=O) groups is 1. The van der Waals surface area contributed by atoms with Gasteiger partial charge < -0.3 is 15.0 Å². The quantitative estimate of drug-likeness (QED) is 0.815. The minimum absolute atomic E-state index is 0.0895.